The number of likely N-dealkylation sites (tertiary alicyclic amines) is 2. The molecule has 3 amide bonds. The van der Waals surface area contributed by atoms with Crippen LogP contribution in [0, 0.1) is 5.92 Å². The van der Waals surface area contributed by atoms with Crippen LogP contribution in [0.2, 0.25) is 0 Å². The van der Waals surface area contributed by atoms with Crippen LogP contribution in [0.1, 0.15) is 61.7 Å². The Hall–Kier alpha value is -2.57. The van der Waals surface area contributed by atoms with E-state index in [1.807, 2.05) is 0 Å². The molecule has 0 bridgehead atoms. The van der Waals surface area contributed by atoms with Crippen molar-refractivity contribution in [2.75, 3.05) is 18.4 Å². The predicted molar refractivity (Wildman–Crippen MR) is 109 cm³/mol. The van der Waals surface area contributed by atoms with Crippen LogP contribution in [-0.2, 0) is 4.79 Å². The number of hydrogen-bond acceptors (Lipinski definition) is 3. The minimum absolute atomic E-state index is 0.0762. The number of nitrogens with zero attached hydrogens (tertiary/aromatic N) is 2. The normalized spacial score (nSPS) is 26.7. The minimum atomic E-state index is -1.06. The molecule has 3 unspecified atom stereocenters. The maximum atomic E-state index is 13.1. The Balaban J connectivity index is 1.40. The number of hydrogen-bond donors (Lipinski definition) is 2. The zero-order valence-corrected chi connectivity index (χ0v) is 16.7. The first-order chi connectivity index (χ1) is 14.0. The number of rotatable bonds is 3. The molecule has 2 aliphatic heterocycles. The van der Waals surface area contributed by atoms with E-state index in [0.29, 0.717) is 42.6 Å². The van der Waals surface area contributed by atoms with E-state index < -0.39 is 12.1 Å². The molecule has 1 saturated carbocycles. The van der Waals surface area contributed by atoms with Crippen molar-refractivity contribution in [3.05, 3.63) is 29.8 Å². The second kappa shape index (κ2) is 8.43. The highest BCUT2D eigenvalue weighted by atomic mass is 16.4. The molecule has 2 N–H and O–H groups in total. The third kappa shape index (κ3) is 4.09. The van der Waals surface area contributed by atoms with Crippen molar-refractivity contribution in [2.24, 2.45) is 5.92 Å². The van der Waals surface area contributed by atoms with Gasteiger partial charge in [0.2, 0.25) is 5.91 Å². The van der Waals surface area contributed by atoms with Crippen molar-refractivity contribution in [1.82, 2.24) is 9.80 Å². The van der Waals surface area contributed by atoms with Crippen LogP contribution >= 0.6 is 0 Å². The lowest BCUT2D eigenvalue weighted by molar-refractivity contribution is -0.119. The first-order valence-electron chi connectivity index (χ1n) is 10.8. The lowest BCUT2D eigenvalue weighted by Crippen LogP contribution is -2.49. The van der Waals surface area contributed by atoms with E-state index in [2.05, 4.69) is 10.2 Å². The standard InChI is InChI=1S/C22H29N3O4/c26-20(19-8-4-14-25(19)22(28)29)23-17-11-9-16(10-12-17)21(27)24-13-3-6-15-5-1-2-7-18(15)24/h9-12,15,18-19H,1-8,13-14H2,(H,23,26)(H,28,29). The van der Waals surface area contributed by atoms with Crippen molar-refractivity contribution in [3.63, 3.8) is 0 Å². The van der Waals surface area contributed by atoms with Gasteiger partial charge in [0.05, 0.1) is 0 Å². The SMILES string of the molecule is O=C(Nc1ccc(C(=O)N2CCCC3CCCCC32)cc1)C1CCCN1C(=O)O. The summed E-state index contributed by atoms with van der Waals surface area (Å²) in [5.41, 5.74) is 1.22. The van der Waals surface area contributed by atoms with E-state index in [9.17, 15) is 19.5 Å². The molecule has 29 heavy (non-hydrogen) atoms. The highest BCUT2D eigenvalue weighted by Gasteiger charge is 2.36. The third-order valence-electron chi connectivity index (χ3n) is 6.70. The van der Waals surface area contributed by atoms with Gasteiger partial charge in [0.25, 0.3) is 5.91 Å². The average Bonchev–Trinajstić information content (AvgIpc) is 3.24. The summed E-state index contributed by atoms with van der Waals surface area (Å²) in [6.07, 6.45) is 7.27. The fourth-order valence-electron chi connectivity index (χ4n) is 5.23. The maximum Gasteiger partial charge on any atom is 0.407 e. The van der Waals surface area contributed by atoms with Crippen molar-refractivity contribution in [1.29, 1.82) is 0 Å². The van der Waals surface area contributed by atoms with Crippen molar-refractivity contribution in [2.45, 2.75) is 63.5 Å². The molecule has 3 atom stereocenters. The van der Waals surface area contributed by atoms with E-state index in [1.54, 1.807) is 24.3 Å². The quantitative estimate of drug-likeness (QED) is 0.813. The van der Waals surface area contributed by atoms with Gasteiger partial charge >= 0.3 is 6.09 Å². The highest BCUT2D eigenvalue weighted by Crippen LogP contribution is 2.36. The molecule has 0 aromatic heterocycles. The van der Waals surface area contributed by atoms with Crippen LogP contribution < -0.4 is 5.32 Å². The monoisotopic (exact) mass is 399 g/mol. The number of piperidine rings is 1. The summed E-state index contributed by atoms with van der Waals surface area (Å²) < 4.78 is 0. The number of carbonyl (C=O) groups is 3. The summed E-state index contributed by atoms with van der Waals surface area (Å²) in [6, 6.07) is 6.70. The van der Waals surface area contributed by atoms with E-state index in [1.165, 1.54) is 30.6 Å². The molecule has 2 heterocycles. The summed E-state index contributed by atoms with van der Waals surface area (Å²) in [6.45, 7) is 1.21. The van der Waals surface area contributed by atoms with Gasteiger partial charge < -0.3 is 15.3 Å². The molecule has 156 valence electrons. The molecule has 1 aromatic carbocycles. The Kier molecular flexibility index (Phi) is 5.74. The van der Waals surface area contributed by atoms with Gasteiger partial charge in [-0.15, -0.1) is 0 Å². The Morgan fingerprint density at radius 3 is 2.28 bits per heavy atom. The van der Waals surface area contributed by atoms with Gasteiger partial charge in [-0.1, -0.05) is 12.8 Å². The van der Waals surface area contributed by atoms with E-state index in [0.717, 1.165) is 19.4 Å². The van der Waals surface area contributed by atoms with Crippen LogP contribution in [-0.4, -0.2) is 58.0 Å². The number of benzene rings is 1. The van der Waals surface area contributed by atoms with Gasteiger partial charge in [-0.05, 0) is 68.7 Å². The lowest BCUT2D eigenvalue weighted by atomic mass is 9.78. The van der Waals surface area contributed by atoms with Crippen molar-refractivity contribution in [3.8, 4) is 0 Å². The second-order valence-electron chi connectivity index (χ2n) is 8.45. The van der Waals surface area contributed by atoms with E-state index in [-0.39, 0.29) is 11.8 Å². The fraction of sp³-hybridized carbons (Fsp3) is 0.591. The van der Waals surface area contributed by atoms with E-state index >= 15 is 0 Å². The van der Waals surface area contributed by atoms with Gasteiger partial charge in [0.15, 0.2) is 0 Å². The molecule has 2 saturated heterocycles. The van der Waals surface area contributed by atoms with Crippen LogP contribution in [0.5, 0.6) is 0 Å². The fourth-order valence-corrected chi connectivity index (χ4v) is 5.23. The molecule has 7 heteroatoms. The molecule has 1 aliphatic carbocycles. The number of carboxylic acid groups (broad SMARTS) is 1. The van der Waals surface area contributed by atoms with Crippen LogP contribution in [0.25, 0.3) is 0 Å². The molecule has 0 radical (unpaired) electrons. The number of amides is 3. The number of carbonyl (C=O) groups excluding carboxylic acids is 2. The van der Waals surface area contributed by atoms with Gasteiger partial charge in [-0.3, -0.25) is 14.5 Å². The summed E-state index contributed by atoms with van der Waals surface area (Å²) in [7, 11) is 0. The number of anilines is 1. The first-order valence-corrected chi connectivity index (χ1v) is 10.8. The molecule has 3 fully saturated rings. The van der Waals surface area contributed by atoms with Crippen LogP contribution in [0.3, 0.4) is 0 Å². The Morgan fingerprint density at radius 1 is 0.862 bits per heavy atom. The Morgan fingerprint density at radius 2 is 1.52 bits per heavy atom. The minimum Gasteiger partial charge on any atom is -0.465 e. The zero-order chi connectivity index (χ0) is 20.4. The van der Waals surface area contributed by atoms with Crippen molar-refractivity contribution >= 4 is 23.6 Å². The Bertz CT molecular complexity index is 777. The van der Waals surface area contributed by atoms with Crippen LogP contribution in [0.4, 0.5) is 10.5 Å². The molecule has 7 nitrogen and oxygen atoms in total. The van der Waals surface area contributed by atoms with Crippen LogP contribution in [0.15, 0.2) is 24.3 Å². The summed E-state index contributed by atoms with van der Waals surface area (Å²) in [5, 5.41) is 12.0. The molecular formula is C22H29N3O4. The number of nitrogens with one attached hydrogen (secondary N) is 1. The van der Waals surface area contributed by atoms with Crippen molar-refractivity contribution < 1.29 is 19.5 Å². The van der Waals surface area contributed by atoms with Gasteiger partial charge in [-0.25, -0.2) is 4.79 Å². The largest absolute Gasteiger partial charge is 0.465 e. The predicted octanol–water partition coefficient (Wildman–Crippen LogP) is 3.56. The average molecular weight is 399 g/mol. The molecule has 1 aromatic rings. The topological polar surface area (TPSA) is 90.0 Å². The highest BCUT2D eigenvalue weighted by molar-refractivity contribution is 5.98. The Labute approximate surface area is 171 Å². The number of fused-ring (bicyclic) bond motifs is 1. The zero-order valence-electron chi connectivity index (χ0n) is 16.7. The van der Waals surface area contributed by atoms with Gasteiger partial charge in [-0.2, -0.15) is 0 Å². The summed E-state index contributed by atoms with van der Waals surface area (Å²) in [5.74, 6) is 0.404. The third-order valence-corrected chi connectivity index (χ3v) is 6.70. The molecule has 3 aliphatic rings. The lowest BCUT2D eigenvalue weighted by Gasteiger charge is -2.44. The van der Waals surface area contributed by atoms with E-state index in [4.69, 9.17) is 0 Å². The van der Waals surface area contributed by atoms with Gasteiger partial charge in [0.1, 0.15) is 6.04 Å². The maximum absolute atomic E-state index is 13.1. The molecular weight excluding hydrogens is 370 g/mol. The summed E-state index contributed by atoms with van der Waals surface area (Å²) >= 11 is 0. The smallest absolute Gasteiger partial charge is 0.407 e. The second-order valence-corrected chi connectivity index (χ2v) is 8.45. The van der Waals surface area contributed by atoms with Gasteiger partial charge in [0, 0.05) is 30.4 Å². The molecule has 4 rings (SSSR count). The first kappa shape index (κ1) is 19.7. The summed E-state index contributed by atoms with van der Waals surface area (Å²) in [4.78, 5) is 40.0. The molecule has 0 spiro atoms.